The number of rotatable bonds is 4. The number of carbonyl (C=O) groups excluding carboxylic acids is 1. The fourth-order valence-electron chi connectivity index (χ4n) is 2.68. The highest BCUT2D eigenvalue weighted by Gasteiger charge is 2.14. The number of nitrogens with zero attached hydrogens (tertiary/aromatic N) is 2. The Morgan fingerprint density at radius 1 is 1.19 bits per heavy atom. The van der Waals surface area contributed by atoms with Crippen molar-refractivity contribution in [3.05, 3.63) is 58.8 Å². The topological polar surface area (TPSA) is 77.2 Å². The van der Waals surface area contributed by atoms with Crippen LogP contribution in [0, 0.1) is 0 Å². The van der Waals surface area contributed by atoms with Crippen molar-refractivity contribution >= 4 is 55.5 Å². The van der Waals surface area contributed by atoms with E-state index in [1.165, 1.54) is 6.33 Å². The molecule has 0 saturated heterocycles. The molecule has 4 rings (SSSR count). The van der Waals surface area contributed by atoms with Gasteiger partial charge in [0.2, 0.25) is 0 Å². The molecular weight excluding hydrogens is 398 g/mol. The summed E-state index contributed by atoms with van der Waals surface area (Å²) in [4.78, 5) is 20.4. The summed E-state index contributed by atoms with van der Waals surface area (Å²) in [7, 11) is 0. The molecule has 0 aliphatic rings. The molecule has 0 amide bonds. The fraction of sp³-hybridized carbons (Fsp3) is 0.105. The Balaban J connectivity index is 1.69. The van der Waals surface area contributed by atoms with E-state index >= 15 is 0 Å². The first-order valence-electron chi connectivity index (χ1n) is 8.02. The molecule has 0 unspecified atom stereocenters. The van der Waals surface area contributed by atoms with Gasteiger partial charge in [0.1, 0.15) is 17.4 Å². The average Bonchev–Trinajstić information content (AvgIpc) is 3.02. The second kappa shape index (κ2) is 6.76. The third-order valence-corrected chi connectivity index (χ3v) is 4.36. The van der Waals surface area contributed by atoms with Crippen LogP contribution in [0.1, 0.15) is 17.3 Å². The van der Waals surface area contributed by atoms with Gasteiger partial charge >= 0.3 is 5.97 Å². The molecule has 0 aliphatic heterocycles. The standard InChI is InChI=1S/C19H14BrN3O3/c1-2-25-19(24)11-3-6-13(7-4-11)23-18-17-16(21-10-22-18)14-9-12(20)5-8-15(14)26-17/h3-10H,2H2,1H3,(H,21,22,23). The van der Waals surface area contributed by atoms with Gasteiger partial charge in [0, 0.05) is 15.5 Å². The van der Waals surface area contributed by atoms with Crippen LogP contribution >= 0.6 is 15.9 Å². The van der Waals surface area contributed by atoms with Gasteiger partial charge in [-0.05, 0) is 49.4 Å². The zero-order valence-corrected chi connectivity index (χ0v) is 15.4. The normalized spacial score (nSPS) is 11.0. The van der Waals surface area contributed by atoms with E-state index in [1.54, 1.807) is 31.2 Å². The third kappa shape index (κ3) is 3.01. The van der Waals surface area contributed by atoms with E-state index in [0.29, 0.717) is 23.6 Å². The number of hydrogen-bond donors (Lipinski definition) is 1. The van der Waals surface area contributed by atoms with E-state index < -0.39 is 0 Å². The molecule has 0 saturated carbocycles. The van der Waals surface area contributed by atoms with Gasteiger partial charge < -0.3 is 14.5 Å². The molecule has 0 fully saturated rings. The second-order valence-electron chi connectivity index (χ2n) is 5.57. The summed E-state index contributed by atoms with van der Waals surface area (Å²) in [5.41, 5.74) is 3.33. The number of furan rings is 1. The van der Waals surface area contributed by atoms with E-state index in [1.807, 2.05) is 18.2 Å². The number of hydrogen-bond acceptors (Lipinski definition) is 6. The molecule has 130 valence electrons. The third-order valence-electron chi connectivity index (χ3n) is 3.87. The number of nitrogens with one attached hydrogen (secondary N) is 1. The Labute approximate surface area is 157 Å². The van der Waals surface area contributed by atoms with Gasteiger partial charge in [0.25, 0.3) is 0 Å². The van der Waals surface area contributed by atoms with E-state index in [-0.39, 0.29) is 5.97 Å². The van der Waals surface area contributed by atoms with Crippen LogP contribution in [-0.4, -0.2) is 22.5 Å². The first-order valence-corrected chi connectivity index (χ1v) is 8.82. The lowest BCUT2D eigenvalue weighted by Gasteiger charge is -2.06. The Hall–Kier alpha value is -2.93. The summed E-state index contributed by atoms with van der Waals surface area (Å²) in [6, 6.07) is 12.8. The molecule has 26 heavy (non-hydrogen) atoms. The Bertz CT molecular complexity index is 1110. The Kier molecular flexibility index (Phi) is 4.30. The Morgan fingerprint density at radius 2 is 2.00 bits per heavy atom. The van der Waals surface area contributed by atoms with Gasteiger partial charge in [-0.1, -0.05) is 15.9 Å². The van der Waals surface area contributed by atoms with Gasteiger partial charge in [0.05, 0.1) is 12.2 Å². The summed E-state index contributed by atoms with van der Waals surface area (Å²) < 4.78 is 11.9. The lowest BCUT2D eigenvalue weighted by Crippen LogP contribution is -2.04. The molecule has 2 aromatic heterocycles. The van der Waals surface area contributed by atoms with Crippen molar-refractivity contribution in [3.63, 3.8) is 0 Å². The van der Waals surface area contributed by atoms with Crippen LogP contribution in [0.2, 0.25) is 0 Å². The molecule has 0 aliphatic carbocycles. The minimum atomic E-state index is -0.341. The number of benzene rings is 2. The highest BCUT2D eigenvalue weighted by molar-refractivity contribution is 9.10. The molecule has 2 heterocycles. The van der Waals surface area contributed by atoms with E-state index in [2.05, 4.69) is 31.2 Å². The molecule has 7 heteroatoms. The predicted octanol–water partition coefficient (Wildman–Crippen LogP) is 5.06. The number of fused-ring (bicyclic) bond motifs is 3. The number of esters is 1. The minimum Gasteiger partial charge on any atom is -0.462 e. The molecule has 4 aromatic rings. The van der Waals surface area contributed by atoms with E-state index in [9.17, 15) is 4.79 Å². The maximum absolute atomic E-state index is 11.7. The predicted molar refractivity (Wildman–Crippen MR) is 103 cm³/mol. The van der Waals surface area contributed by atoms with Crippen LogP contribution in [0.3, 0.4) is 0 Å². The highest BCUT2D eigenvalue weighted by atomic mass is 79.9. The van der Waals surface area contributed by atoms with Crippen molar-refractivity contribution in [2.75, 3.05) is 11.9 Å². The summed E-state index contributed by atoms with van der Waals surface area (Å²) in [6.45, 7) is 2.12. The quantitative estimate of drug-likeness (QED) is 0.473. The largest absolute Gasteiger partial charge is 0.462 e. The maximum Gasteiger partial charge on any atom is 0.338 e. The number of anilines is 2. The minimum absolute atomic E-state index is 0.341. The first kappa shape index (κ1) is 16.5. The number of carbonyl (C=O) groups is 1. The molecular formula is C19H14BrN3O3. The van der Waals surface area contributed by atoms with Crippen molar-refractivity contribution in [2.45, 2.75) is 6.92 Å². The average molecular weight is 412 g/mol. The summed E-state index contributed by atoms with van der Waals surface area (Å²) >= 11 is 3.47. The van der Waals surface area contributed by atoms with Crippen LogP contribution < -0.4 is 5.32 Å². The number of ether oxygens (including phenoxy) is 1. The summed E-state index contributed by atoms with van der Waals surface area (Å²) in [5.74, 6) is 0.220. The summed E-state index contributed by atoms with van der Waals surface area (Å²) in [5, 5.41) is 4.13. The summed E-state index contributed by atoms with van der Waals surface area (Å²) in [6.07, 6.45) is 1.49. The molecule has 0 spiro atoms. The van der Waals surface area contributed by atoms with Gasteiger partial charge in [0.15, 0.2) is 11.4 Å². The monoisotopic (exact) mass is 411 g/mol. The zero-order valence-electron chi connectivity index (χ0n) is 13.8. The first-order chi connectivity index (χ1) is 12.7. The van der Waals surface area contributed by atoms with Crippen LogP contribution in [0.5, 0.6) is 0 Å². The Morgan fingerprint density at radius 3 is 2.77 bits per heavy atom. The molecule has 6 nitrogen and oxygen atoms in total. The van der Waals surface area contributed by atoms with Crippen molar-refractivity contribution in [1.82, 2.24) is 9.97 Å². The number of halogens is 1. The van der Waals surface area contributed by atoms with Gasteiger partial charge in [-0.3, -0.25) is 0 Å². The van der Waals surface area contributed by atoms with E-state index in [4.69, 9.17) is 9.15 Å². The van der Waals surface area contributed by atoms with Crippen molar-refractivity contribution < 1.29 is 13.9 Å². The van der Waals surface area contributed by atoms with Crippen LogP contribution in [0.15, 0.2) is 57.7 Å². The lowest BCUT2D eigenvalue weighted by molar-refractivity contribution is 0.0526. The molecule has 0 atom stereocenters. The second-order valence-corrected chi connectivity index (χ2v) is 6.48. The van der Waals surface area contributed by atoms with Gasteiger partial charge in [-0.25, -0.2) is 14.8 Å². The highest BCUT2D eigenvalue weighted by Crippen LogP contribution is 2.33. The van der Waals surface area contributed by atoms with Crippen molar-refractivity contribution in [2.24, 2.45) is 0 Å². The molecule has 0 bridgehead atoms. The fourth-order valence-corrected chi connectivity index (χ4v) is 3.04. The molecule has 1 N–H and O–H groups in total. The smallest absolute Gasteiger partial charge is 0.338 e. The molecule has 2 aromatic carbocycles. The van der Waals surface area contributed by atoms with Crippen molar-refractivity contribution in [1.29, 1.82) is 0 Å². The lowest BCUT2D eigenvalue weighted by atomic mass is 10.2. The SMILES string of the molecule is CCOC(=O)c1ccc(Nc2ncnc3c2oc2ccc(Br)cc23)cc1. The zero-order chi connectivity index (χ0) is 18.1. The van der Waals surface area contributed by atoms with Crippen LogP contribution in [0.4, 0.5) is 11.5 Å². The van der Waals surface area contributed by atoms with E-state index in [0.717, 1.165) is 26.6 Å². The number of aromatic nitrogens is 2. The molecule has 0 radical (unpaired) electrons. The maximum atomic E-state index is 11.7. The van der Waals surface area contributed by atoms with Gasteiger partial charge in [-0.2, -0.15) is 0 Å². The van der Waals surface area contributed by atoms with Crippen LogP contribution in [0.25, 0.3) is 22.1 Å². The van der Waals surface area contributed by atoms with Crippen molar-refractivity contribution in [3.8, 4) is 0 Å². The van der Waals surface area contributed by atoms with Gasteiger partial charge in [-0.15, -0.1) is 0 Å². The van der Waals surface area contributed by atoms with Crippen LogP contribution in [-0.2, 0) is 4.74 Å².